The fourth-order valence-corrected chi connectivity index (χ4v) is 4.02. The summed E-state index contributed by atoms with van der Waals surface area (Å²) in [6.45, 7) is 14.7. The van der Waals surface area contributed by atoms with Crippen LogP contribution in [-0.4, -0.2) is 20.8 Å². The van der Waals surface area contributed by atoms with Gasteiger partial charge in [0, 0.05) is 20.7 Å². The van der Waals surface area contributed by atoms with Crippen molar-refractivity contribution in [1.29, 1.82) is 0 Å². The van der Waals surface area contributed by atoms with Gasteiger partial charge in [0.15, 0.2) is 0 Å². The van der Waals surface area contributed by atoms with E-state index in [2.05, 4.69) is 41.5 Å². The summed E-state index contributed by atoms with van der Waals surface area (Å²) in [5.74, 6) is 1.10. The Morgan fingerprint density at radius 1 is 1.19 bits per heavy atom. The van der Waals surface area contributed by atoms with Crippen molar-refractivity contribution in [3.8, 4) is 0 Å². The Morgan fingerprint density at radius 3 is 2.00 bits per heavy atom. The van der Waals surface area contributed by atoms with Crippen molar-refractivity contribution in [1.82, 2.24) is 0 Å². The fourth-order valence-electron chi connectivity index (χ4n) is 1.53. The van der Waals surface area contributed by atoms with Gasteiger partial charge in [-0.3, -0.25) is 0 Å². The SMILES string of the molecule is CCC[C@@H](C)S(=O)(CC)=NC(C)(C)C(C)C. The molecule has 98 valence electrons. The summed E-state index contributed by atoms with van der Waals surface area (Å²) in [5, 5.41) is 0.209. The van der Waals surface area contributed by atoms with E-state index in [-0.39, 0.29) is 10.8 Å². The molecular weight excluding hydrogens is 218 g/mol. The second-order valence-corrected chi connectivity index (χ2v) is 8.42. The molecule has 0 aliphatic carbocycles. The largest absolute Gasteiger partial charge is 0.249 e. The molecule has 0 rings (SSSR count). The number of hydrogen-bond donors (Lipinski definition) is 0. The molecule has 0 bridgehead atoms. The summed E-state index contributed by atoms with van der Waals surface area (Å²) in [6, 6.07) is 0. The average Bonchev–Trinajstić information content (AvgIpc) is 2.17. The second-order valence-electron chi connectivity index (χ2n) is 5.48. The first-order valence-electron chi connectivity index (χ1n) is 6.44. The zero-order valence-electron chi connectivity index (χ0n) is 12.0. The fraction of sp³-hybridized carbons (Fsp3) is 1.00. The van der Waals surface area contributed by atoms with Crippen LogP contribution in [0.5, 0.6) is 0 Å². The molecule has 0 radical (unpaired) electrons. The van der Waals surface area contributed by atoms with E-state index in [1.165, 1.54) is 0 Å². The van der Waals surface area contributed by atoms with Crippen LogP contribution in [-0.2, 0) is 9.73 Å². The van der Waals surface area contributed by atoms with Gasteiger partial charge in [-0.2, -0.15) is 0 Å². The van der Waals surface area contributed by atoms with Crippen molar-refractivity contribution in [2.24, 2.45) is 10.3 Å². The van der Waals surface area contributed by atoms with E-state index >= 15 is 0 Å². The molecule has 0 aromatic carbocycles. The van der Waals surface area contributed by atoms with Crippen molar-refractivity contribution in [3.63, 3.8) is 0 Å². The maximum atomic E-state index is 12.8. The van der Waals surface area contributed by atoms with Crippen LogP contribution in [0.2, 0.25) is 0 Å². The highest BCUT2D eigenvalue weighted by Gasteiger charge is 2.26. The van der Waals surface area contributed by atoms with E-state index in [4.69, 9.17) is 4.36 Å². The molecule has 0 aliphatic heterocycles. The third-order valence-corrected chi connectivity index (χ3v) is 6.64. The Balaban J connectivity index is 5.25. The van der Waals surface area contributed by atoms with E-state index in [0.717, 1.165) is 12.8 Å². The van der Waals surface area contributed by atoms with Crippen LogP contribution in [0.15, 0.2) is 4.36 Å². The highest BCUT2D eigenvalue weighted by atomic mass is 32.2. The van der Waals surface area contributed by atoms with Crippen LogP contribution < -0.4 is 0 Å². The van der Waals surface area contributed by atoms with Crippen molar-refractivity contribution in [3.05, 3.63) is 0 Å². The first kappa shape index (κ1) is 16.0. The van der Waals surface area contributed by atoms with Gasteiger partial charge in [-0.05, 0) is 33.1 Å². The Hall–Kier alpha value is -0.0500. The van der Waals surface area contributed by atoms with Crippen LogP contribution in [0.1, 0.15) is 61.3 Å². The van der Waals surface area contributed by atoms with E-state index < -0.39 is 9.73 Å². The second kappa shape index (κ2) is 6.04. The van der Waals surface area contributed by atoms with Crippen LogP contribution in [0.25, 0.3) is 0 Å². The molecule has 0 fully saturated rings. The minimum absolute atomic E-state index is 0.185. The summed E-state index contributed by atoms with van der Waals surface area (Å²) >= 11 is 0. The lowest BCUT2D eigenvalue weighted by molar-refractivity contribution is 0.378. The normalized spacial score (nSPS) is 18.2. The van der Waals surface area contributed by atoms with Crippen LogP contribution in [0, 0.1) is 5.92 Å². The highest BCUT2D eigenvalue weighted by Crippen LogP contribution is 2.25. The molecule has 3 heteroatoms. The lowest BCUT2D eigenvalue weighted by Gasteiger charge is -2.28. The molecule has 0 aliphatic rings. The van der Waals surface area contributed by atoms with Crippen molar-refractivity contribution >= 4 is 9.73 Å². The molecular formula is C13H29NOS. The van der Waals surface area contributed by atoms with Gasteiger partial charge in [0.1, 0.15) is 0 Å². The Bertz CT molecular complexity index is 312. The molecule has 1 unspecified atom stereocenters. The van der Waals surface area contributed by atoms with Gasteiger partial charge in [0.25, 0.3) is 0 Å². The molecule has 2 atom stereocenters. The lowest BCUT2D eigenvalue weighted by Crippen LogP contribution is -2.30. The zero-order valence-corrected chi connectivity index (χ0v) is 12.9. The van der Waals surface area contributed by atoms with Crippen LogP contribution >= 0.6 is 0 Å². The molecule has 0 N–H and O–H groups in total. The van der Waals surface area contributed by atoms with Gasteiger partial charge in [-0.15, -0.1) is 0 Å². The molecule has 0 heterocycles. The topological polar surface area (TPSA) is 29.4 Å². The summed E-state index contributed by atoms with van der Waals surface area (Å²) in [7, 11) is -2.05. The predicted molar refractivity (Wildman–Crippen MR) is 74.4 cm³/mol. The van der Waals surface area contributed by atoms with E-state index in [0.29, 0.717) is 11.7 Å². The third kappa shape index (κ3) is 4.08. The molecule has 0 aromatic rings. The standard InChI is InChI=1S/C13H29NOS/c1-8-10-12(5)16(15,9-2)14-13(6,7)11(3)4/h11-12H,8-10H2,1-7H3/t12-,16?/m1/s1. The van der Waals surface area contributed by atoms with Crippen molar-refractivity contribution in [2.75, 3.05) is 5.75 Å². The summed E-state index contributed by atoms with van der Waals surface area (Å²) in [6.07, 6.45) is 2.08. The number of hydrogen-bond acceptors (Lipinski definition) is 2. The maximum Gasteiger partial charge on any atom is 0.0669 e. The summed E-state index contributed by atoms with van der Waals surface area (Å²) < 4.78 is 17.5. The third-order valence-electron chi connectivity index (χ3n) is 3.54. The first-order chi connectivity index (χ1) is 7.19. The van der Waals surface area contributed by atoms with Gasteiger partial charge >= 0.3 is 0 Å². The monoisotopic (exact) mass is 247 g/mol. The van der Waals surface area contributed by atoms with E-state index in [1.54, 1.807) is 0 Å². The Morgan fingerprint density at radius 2 is 1.69 bits per heavy atom. The van der Waals surface area contributed by atoms with Gasteiger partial charge in [0.05, 0.1) is 5.54 Å². The molecule has 0 amide bonds. The minimum atomic E-state index is -2.05. The van der Waals surface area contributed by atoms with E-state index in [9.17, 15) is 4.21 Å². The van der Waals surface area contributed by atoms with Crippen LogP contribution in [0.4, 0.5) is 0 Å². The number of rotatable bonds is 6. The summed E-state index contributed by atoms with van der Waals surface area (Å²) in [4.78, 5) is 0. The molecule has 0 saturated carbocycles. The average molecular weight is 247 g/mol. The smallest absolute Gasteiger partial charge is 0.0669 e. The first-order valence-corrected chi connectivity index (χ1v) is 8.19. The summed E-state index contributed by atoms with van der Waals surface area (Å²) in [5.41, 5.74) is -0.185. The Kier molecular flexibility index (Phi) is 6.02. The van der Waals surface area contributed by atoms with Crippen molar-refractivity contribution in [2.45, 2.75) is 72.1 Å². The Labute approximate surface area is 102 Å². The minimum Gasteiger partial charge on any atom is -0.249 e. The molecule has 0 spiro atoms. The molecule has 2 nitrogen and oxygen atoms in total. The highest BCUT2D eigenvalue weighted by molar-refractivity contribution is 7.94. The quantitative estimate of drug-likeness (QED) is 0.695. The molecule has 0 aromatic heterocycles. The van der Waals surface area contributed by atoms with Crippen molar-refractivity contribution < 1.29 is 4.21 Å². The van der Waals surface area contributed by atoms with Crippen LogP contribution in [0.3, 0.4) is 0 Å². The van der Waals surface area contributed by atoms with E-state index in [1.807, 2.05) is 6.92 Å². The van der Waals surface area contributed by atoms with Gasteiger partial charge in [-0.1, -0.05) is 34.1 Å². The van der Waals surface area contributed by atoms with Gasteiger partial charge in [0.2, 0.25) is 0 Å². The zero-order chi connectivity index (χ0) is 13.0. The number of nitrogens with zero attached hydrogens (tertiary/aromatic N) is 1. The molecule has 0 saturated heterocycles. The van der Waals surface area contributed by atoms with Gasteiger partial charge in [-0.25, -0.2) is 8.57 Å². The molecule has 16 heavy (non-hydrogen) atoms. The predicted octanol–water partition coefficient (Wildman–Crippen LogP) is 4.10. The van der Waals surface area contributed by atoms with Gasteiger partial charge < -0.3 is 0 Å². The maximum absolute atomic E-state index is 12.8. The lowest BCUT2D eigenvalue weighted by atomic mass is 9.92.